The van der Waals surface area contributed by atoms with E-state index in [0.717, 1.165) is 6.42 Å². The first-order valence-corrected chi connectivity index (χ1v) is 7.57. The summed E-state index contributed by atoms with van der Waals surface area (Å²) in [6, 6.07) is 9.52. The molecule has 2 nitrogen and oxygen atoms in total. The lowest BCUT2D eigenvalue weighted by molar-refractivity contribution is 0.108. The average molecular weight is 260 g/mol. The van der Waals surface area contributed by atoms with Crippen LogP contribution in [0.25, 0.3) is 0 Å². The first-order valence-electron chi connectivity index (χ1n) is 7.57. The molecule has 2 heteroatoms. The molecule has 1 fully saturated rings. The number of nitrogens with zero attached hydrogens (tertiary/aromatic N) is 1. The van der Waals surface area contributed by atoms with Gasteiger partial charge in [0.2, 0.25) is 0 Å². The van der Waals surface area contributed by atoms with Crippen LogP contribution >= 0.6 is 0 Å². The fourth-order valence-corrected chi connectivity index (χ4v) is 3.72. The molecule has 0 amide bonds. The number of nitrogens with one attached hydrogen (secondary N) is 1. The lowest BCUT2D eigenvalue weighted by atomic mass is 9.82. The molecule has 0 radical (unpaired) electrons. The first-order chi connectivity index (χ1) is 9.14. The molecule has 0 aromatic heterocycles. The Morgan fingerprint density at radius 3 is 2.47 bits per heavy atom. The molecule has 0 spiro atoms. The van der Waals surface area contributed by atoms with Gasteiger partial charge in [0.15, 0.2) is 0 Å². The van der Waals surface area contributed by atoms with Crippen molar-refractivity contribution in [1.82, 2.24) is 10.2 Å². The van der Waals surface area contributed by atoms with Crippen LogP contribution in [-0.2, 0) is 6.42 Å². The van der Waals surface area contributed by atoms with Crippen LogP contribution in [0.4, 0.5) is 0 Å². The maximum Gasteiger partial charge on any atom is 0.0504 e. The van der Waals surface area contributed by atoms with Gasteiger partial charge in [0.1, 0.15) is 0 Å². The van der Waals surface area contributed by atoms with E-state index in [1.54, 1.807) is 0 Å². The summed E-state index contributed by atoms with van der Waals surface area (Å²) in [6.07, 6.45) is 6.40. The summed E-state index contributed by atoms with van der Waals surface area (Å²) < 4.78 is 0. The predicted molar refractivity (Wildman–Crippen MR) is 82.5 cm³/mol. The molecule has 1 unspecified atom stereocenters. The zero-order chi connectivity index (χ0) is 13.9. The van der Waals surface area contributed by atoms with Crippen molar-refractivity contribution in [3.63, 3.8) is 0 Å². The number of hydrogen-bond acceptors (Lipinski definition) is 2. The molecule has 106 valence electrons. The summed E-state index contributed by atoms with van der Waals surface area (Å²) >= 11 is 0. The third kappa shape index (κ3) is 2.70. The fraction of sp³-hybridized carbons (Fsp3) is 0.647. The molecule has 0 bridgehead atoms. The number of hydrogen-bond donors (Lipinski definition) is 1. The fourth-order valence-electron chi connectivity index (χ4n) is 3.72. The molecular weight excluding hydrogens is 232 g/mol. The predicted octanol–water partition coefficient (Wildman–Crippen LogP) is 3.38. The zero-order valence-corrected chi connectivity index (χ0v) is 12.9. The molecule has 1 aromatic carbocycles. The monoisotopic (exact) mass is 260 g/mol. The average Bonchev–Trinajstić information content (AvgIpc) is 2.90. The van der Waals surface area contributed by atoms with Gasteiger partial charge < -0.3 is 10.2 Å². The molecule has 1 atom stereocenters. The minimum absolute atomic E-state index is 0.279. The van der Waals surface area contributed by atoms with Gasteiger partial charge in [-0.1, -0.05) is 44.0 Å². The molecular formula is C17H28N2. The van der Waals surface area contributed by atoms with Crippen LogP contribution < -0.4 is 5.32 Å². The van der Waals surface area contributed by atoms with E-state index in [4.69, 9.17) is 0 Å². The Bertz CT molecular complexity index is 405. The number of aryl methyl sites for hydroxylation is 1. The second kappa shape index (κ2) is 6.06. The largest absolute Gasteiger partial charge is 0.311 e. The molecule has 1 aliphatic carbocycles. The molecule has 1 aromatic rings. The first kappa shape index (κ1) is 14.5. The van der Waals surface area contributed by atoms with E-state index >= 15 is 0 Å². The minimum atomic E-state index is 0.279. The van der Waals surface area contributed by atoms with Gasteiger partial charge in [-0.15, -0.1) is 0 Å². The van der Waals surface area contributed by atoms with Crippen molar-refractivity contribution in [2.75, 3.05) is 21.1 Å². The molecule has 2 rings (SSSR count). The third-order valence-electron chi connectivity index (χ3n) is 4.88. The summed E-state index contributed by atoms with van der Waals surface area (Å²) in [7, 11) is 6.57. The molecule has 19 heavy (non-hydrogen) atoms. The maximum absolute atomic E-state index is 3.59. The Morgan fingerprint density at radius 1 is 1.26 bits per heavy atom. The minimum Gasteiger partial charge on any atom is -0.311 e. The van der Waals surface area contributed by atoms with Crippen molar-refractivity contribution in [1.29, 1.82) is 0 Å². The highest BCUT2D eigenvalue weighted by atomic mass is 15.2. The van der Waals surface area contributed by atoms with E-state index in [-0.39, 0.29) is 5.54 Å². The van der Waals surface area contributed by atoms with Gasteiger partial charge in [-0.25, -0.2) is 0 Å². The summed E-state index contributed by atoms with van der Waals surface area (Å²) in [5, 5.41) is 3.59. The molecule has 0 saturated heterocycles. The summed E-state index contributed by atoms with van der Waals surface area (Å²) in [4.78, 5) is 2.44. The summed E-state index contributed by atoms with van der Waals surface area (Å²) in [5.74, 6) is 0. The third-order valence-corrected chi connectivity index (χ3v) is 4.88. The van der Waals surface area contributed by atoms with Crippen LogP contribution in [0.2, 0.25) is 0 Å². The van der Waals surface area contributed by atoms with Crippen molar-refractivity contribution in [3.05, 3.63) is 35.4 Å². The highest BCUT2D eigenvalue weighted by Crippen LogP contribution is 2.43. The Balaban J connectivity index is 2.36. The second-order valence-electron chi connectivity index (χ2n) is 6.03. The van der Waals surface area contributed by atoms with Gasteiger partial charge in [0.05, 0.1) is 6.04 Å². The number of rotatable bonds is 5. The van der Waals surface area contributed by atoms with Gasteiger partial charge in [-0.2, -0.15) is 0 Å². The van der Waals surface area contributed by atoms with Crippen molar-refractivity contribution in [3.8, 4) is 0 Å². The van der Waals surface area contributed by atoms with Crippen molar-refractivity contribution < 1.29 is 0 Å². The number of likely N-dealkylation sites (N-methyl/N-ethyl adjacent to an activating group) is 2. The van der Waals surface area contributed by atoms with E-state index in [2.05, 4.69) is 62.5 Å². The van der Waals surface area contributed by atoms with Crippen LogP contribution in [0.3, 0.4) is 0 Å². The van der Waals surface area contributed by atoms with E-state index in [0.29, 0.717) is 6.04 Å². The van der Waals surface area contributed by atoms with E-state index in [1.807, 2.05) is 0 Å². The lowest BCUT2D eigenvalue weighted by Crippen LogP contribution is -2.51. The molecule has 1 N–H and O–H groups in total. The van der Waals surface area contributed by atoms with Gasteiger partial charge in [0.25, 0.3) is 0 Å². The van der Waals surface area contributed by atoms with Gasteiger partial charge in [-0.05, 0) is 51.5 Å². The van der Waals surface area contributed by atoms with Crippen LogP contribution in [0.5, 0.6) is 0 Å². The van der Waals surface area contributed by atoms with Crippen LogP contribution in [0.15, 0.2) is 24.3 Å². The number of benzene rings is 1. The Kier molecular flexibility index (Phi) is 4.64. The molecule has 1 saturated carbocycles. The van der Waals surface area contributed by atoms with Crippen molar-refractivity contribution in [2.45, 2.75) is 50.6 Å². The van der Waals surface area contributed by atoms with Gasteiger partial charge in [-0.3, -0.25) is 0 Å². The normalized spacial score (nSPS) is 19.8. The summed E-state index contributed by atoms with van der Waals surface area (Å²) in [5.41, 5.74) is 3.16. The second-order valence-corrected chi connectivity index (χ2v) is 6.03. The Morgan fingerprint density at radius 2 is 1.95 bits per heavy atom. The summed E-state index contributed by atoms with van der Waals surface area (Å²) in [6.45, 7) is 2.23. The van der Waals surface area contributed by atoms with Gasteiger partial charge >= 0.3 is 0 Å². The SMILES string of the molecule is CCc1cccc(C(NC)C2(N(C)C)CCCC2)c1. The van der Waals surface area contributed by atoms with E-state index in [1.165, 1.54) is 36.8 Å². The van der Waals surface area contributed by atoms with Gasteiger partial charge in [0, 0.05) is 5.54 Å². The van der Waals surface area contributed by atoms with Crippen LogP contribution in [0.1, 0.15) is 49.8 Å². The topological polar surface area (TPSA) is 15.3 Å². The van der Waals surface area contributed by atoms with Crippen LogP contribution in [0, 0.1) is 0 Å². The van der Waals surface area contributed by atoms with E-state index < -0.39 is 0 Å². The van der Waals surface area contributed by atoms with Crippen LogP contribution in [-0.4, -0.2) is 31.6 Å². The van der Waals surface area contributed by atoms with Crippen molar-refractivity contribution in [2.24, 2.45) is 0 Å². The zero-order valence-electron chi connectivity index (χ0n) is 12.9. The highest BCUT2D eigenvalue weighted by molar-refractivity contribution is 5.29. The Hall–Kier alpha value is -0.860. The molecule has 1 aliphatic rings. The molecule has 0 aliphatic heterocycles. The van der Waals surface area contributed by atoms with E-state index in [9.17, 15) is 0 Å². The lowest BCUT2D eigenvalue weighted by Gasteiger charge is -2.43. The van der Waals surface area contributed by atoms with Crippen molar-refractivity contribution >= 4 is 0 Å². The maximum atomic E-state index is 3.59. The quantitative estimate of drug-likeness (QED) is 0.873. The smallest absolute Gasteiger partial charge is 0.0504 e. The Labute approximate surface area is 118 Å². The highest BCUT2D eigenvalue weighted by Gasteiger charge is 2.43. The molecule has 0 heterocycles. The standard InChI is InChI=1S/C17H28N2/c1-5-14-9-8-10-15(13-14)16(18-2)17(19(3)4)11-6-7-12-17/h8-10,13,16,18H,5-7,11-12H2,1-4H3.